The van der Waals surface area contributed by atoms with E-state index in [1.54, 1.807) is 11.3 Å². The van der Waals surface area contributed by atoms with Crippen molar-refractivity contribution in [3.8, 4) is 0 Å². The molecule has 0 aromatic carbocycles. The summed E-state index contributed by atoms with van der Waals surface area (Å²) in [5, 5.41) is 7.71. The number of rotatable bonds is 6. The lowest BCUT2D eigenvalue weighted by Crippen LogP contribution is -2.41. The highest BCUT2D eigenvalue weighted by Gasteiger charge is 2.57. The van der Waals surface area contributed by atoms with Crippen LogP contribution in [0.3, 0.4) is 0 Å². The van der Waals surface area contributed by atoms with Crippen molar-refractivity contribution in [2.24, 2.45) is 17.1 Å². The molecule has 1 spiro atoms. The Morgan fingerprint density at radius 2 is 2.17 bits per heavy atom. The van der Waals surface area contributed by atoms with Crippen molar-refractivity contribution in [1.29, 1.82) is 0 Å². The summed E-state index contributed by atoms with van der Waals surface area (Å²) in [7, 11) is 0. The lowest BCUT2D eigenvalue weighted by molar-refractivity contribution is -0.133. The van der Waals surface area contributed by atoms with E-state index in [1.807, 2.05) is 0 Å². The number of carbonyl (C=O) groups is 1. The summed E-state index contributed by atoms with van der Waals surface area (Å²) in [5.41, 5.74) is 7.88. The van der Waals surface area contributed by atoms with E-state index in [0.29, 0.717) is 23.8 Å². The van der Waals surface area contributed by atoms with Gasteiger partial charge in [0.25, 0.3) is 0 Å². The van der Waals surface area contributed by atoms with E-state index in [0.717, 1.165) is 19.6 Å². The van der Waals surface area contributed by atoms with Crippen LogP contribution in [-0.2, 0) is 11.3 Å². The predicted molar refractivity (Wildman–Crippen MR) is 100 cm³/mol. The minimum absolute atomic E-state index is 0. The first-order valence-corrected chi connectivity index (χ1v) is 9.89. The number of piperidine rings is 1. The maximum atomic E-state index is 13.0. The van der Waals surface area contributed by atoms with Gasteiger partial charge in [-0.1, -0.05) is 0 Å². The first kappa shape index (κ1) is 18.2. The highest BCUT2D eigenvalue weighted by molar-refractivity contribution is 7.07. The van der Waals surface area contributed by atoms with E-state index in [-0.39, 0.29) is 24.4 Å². The van der Waals surface area contributed by atoms with E-state index in [2.05, 4.69) is 27.0 Å². The quantitative estimate of drug-likeness (QED) is 0.810. The molecule has 134 valence electrons. The van der Waals surface area contributed by atoms with Gasteiger partial charge in [-0.05, 0) is 78.9 Å². The van der Waals surface area contributed by atoms with Crippen molar-refractivity contribution >= 4 is 29.7 Å². The Bertz CT molecular complexity index is 555. The molecule has 24 heavy (non-hydrogen) atoms. The topological polar surface area (TPSA) is 58.4 Å². The van der Waals surface area contributed by atoms with Gasteiger partial charge in [-0.15, -0.1) is 12.4 Å². The minimum atomic E-state index is 0. The van der Waals surface area contributed by atoms with Crippen molar-refractivity contribution in [3.63, 3.8) is 0 Å². The van der Waals surface area contributed by atoms with Crippen LogP contribution < -0.4 is 11.1 Å². The zero-order valence-corrected chi connectivity index (χ0v) is 15.7. The average molecular weight is 370 g/mol. The number of hydrogen-bond donors (Lipinski definition) is 2. The first-order chi connectivity index (χ1) is 11.2. The van der Waals surface area contributed by atoms with E-state index in [9.17, 15) is 4.79 Å². The van der Waals surface area contributed by atoms with Crippen LogP contribution in [0, 0.1) is 11.3 Å². The highest BCUT2D eigenvalue weighted by atomic mass is 35.5. The predicted octanol–water partition coefficient (Wildman–Crippen LogP) is 2.77. The third-order valence-corrected chi connectivity index (χ3v) is 6.75. The van der Waals surface area contributed by atoms with Crippen molar-refractivity contribution in [1.82, 2.24) is 10.2 Å². The molecule has 1 aromatic heterocycles. The molecule has 0 radical (unpaired) electrons. The number of carbonyl (C=O) groups excluding carboxylic acids is 1. The fraction of sp³-hybridized carbons (Fsp3) is 0.722. The Kier molecular flexibility index (Phi) is 5.55. The summed E-state index contributed by atoms with van der Waals surface area (Å²) in [4.78, 5) is 15.1. The number of nitrogens with one attached hydrogen (secondary N) is 1. The highest BCUT2D eigenvalue weighted by Crippen LogP contribution is 2.56. The number of nitrogens with two attached hydrogens (primary N) is 1. The Balaban J connectivity index is 0.00000169. The maximum absolute atomic E-state index is 13.0. The Morgan fingerprint density at radius 3 is 2.79 bits per heavy atom. The number of thiophene rings is 1. The molecule has 3 N–H and O–H groups in total. The summed E-state index contributed by atoms with van der Waals surface area (Å²) in [5.74, 6) is 0.866. The molecule has 3 aliphatic rings. The Hall–Kier alpha value is -0.620. The number of halogens is 1. The maximum Gasteiger partial charge on any atom is 0.224 e. The van der Waals surface area contributed by atoms with Crippen molar-refractivity contribution in [2.45, 2.75) is 57.2 Å². The molecule has 1 amide bonds. The van der Waals surface area contributed by atoms with E-state index >= 15 is 0 Å². The zero-order valence-electron chi connectivity index (χ0n) is 14.1. The average Bonchev–Trinajstić information content (AvgIpc) is 3.45. The summed E-state index contributed by atoms with van der Waals surface area (Å²) in [6.45, 7) is 2.96. The molecule has 4 rings (SSSR count). The molecule has 1 saturated heterocycles. The molecular weight excluding hydrogens is 342 g/mol. The molecule has 2 aliphatic carbocycles. The van der Waals surface area contributed by atoms with Crippen molar-refractivity contribution in [3.05, 3.63) is 22.4 Å². The lowest BCUT2D eigenvalue weighted by Gasteiger charge is -2.30. The van der Waals surface area contributed by atoms with Gasteiger partial charge in [-0.25, -0.2) is 0 Å². The summed E-state index contributed by atoms with van der Waals surface area (Å²) >= 11 is 1.71. The summed E-state index contributed by atoms with van der Waals surface area (Å²) < 4.78 is 0. The van der Waals surface area contributed by atoms with Crippen LogP contribution in [0.15, 0.2) is 16.8 Å². The van der Waals surface area contributed by atoms with Crippen LogP contribution in [0.4, 0.5) is 0 Å². The molecule has 6 heteroatoms. The van der Waals surface area contributed by atoms with Gasteiger partial charge >= 0.3 is 0 Å². The standard InChI is InChI=1S/C18H27N3OS.ClH/c19-15(14-1-2-14)9-17(22)21(11-13-3-8-23-12-13)16-10-18(16)4-6-20-7-5-18;/h3,8,12,14-16,20H,1-2,4-7,9-11,19H2;1H. The van der Waals surface area contributed by atoms with Crippen molar-refractivity contribution in [2.75, 3.05) is 13.1 Å². The van der Waals surface area contributed by atoms with Gasteiger partial charge in [0.15, 0.2) is 0 Å². The molecule has 2 saturated carbocycles. The summed E-state index contributed by atoms with van der Waals surface area (Å²) in [6, 6.07) is 2.64. The molecule has 3 fully saturated rings. The van der Waals surface area contributed by atoms with Gasteiger partial charge in [0, 0.05) is 25.0 Å². The SMILES string of the molecule is Cl.NC(CC(=O)N(Cc1ccsc1)C1CC12CCNCC2)C1CC1. The van der Waals surface area contributed by atoms with Crippen LogP contribution in [0.2, 0.25) is 0 Å². The summed E-state index contributed by atoms with van der Waals surface area (Å²) in [6.07, 6.45) is 6.54. The van der Waals surface area contributed by atoms with Crippen LogP contribution in [-0.4, -0.2) is 36.0 Å². The van der Waals surface area contributed by atoms with Crippen molar-refractivity contribution < 1.29 is 4.79 Å². The second kappa shape index (κ2) is 7.32. The molecule has 2 heterocycles. The van der Waals surface area contributed by atoms with Crippen LogP contribution in [0.1, 0.15) is 44.1 Å². The number of amides is 1. The Labute approximate surface area is 154 Å². The Morgan fingerprint density at radius 1 is 1.42 bits per heavy atom. The van der Waals surface area contributed by atoms with Crippen LogP contribution in [0.5, 0.6) is 0 Å². The molecule has 4 nitrogen and oxygen atoms in total. The van der Waals surface area contributed by atoms with Crippen LogP contribution >= 0.6 is 23.7 Å². The van der Waals surface area contributed by atoms with Gasteiger partial charge in [0.05, 0.1) is 0 Å². The minimum Gasteiger partial charge on any atom is -0.335 e. The largest absolute Gasteiger partial charge is 0.335 e. The first-order valence-electron chi connectivity index (χ1n) is 8.95. The smallest absolute Gasteiger partial charge is 0.224 e. The number of hydrogen-bond acceptors (Lipinski definition) is 4. The fourth-order valence-corrected chi connectivity index (χ4v) is 4.85. The van der Waals surface area contributed by atoms with E-state index in [4.69, 9.17) is 5.73 Å². The van der Waals surface area contributed by atoms with Gasteiger partial charge in [0.2, 0.25) is 5.91 Å². The molecule has 2 atom stereocenters. The van der Waals surface area contributed by atoms with Gasteiger partial charge in [-0.2, -0.15) is 11.3 Å². The monoisotopic (exact) mass is 369 g/mol. The van der Waals surface area contributed by atoms with Gasteiger partial charge in [0.1, 0.15) is 0 Å². The zero-order chi connectivity index (χ0) is 15.9. The molecular formula is C18H28ClN3OS. The molecule has 1 aliphatic heterocycles. The fourth-order valence-electron chi connectivity index (χ4n) is 4.19. The van der Waals surface area contributed by atoms with E-state index < -0.39 is 0 Å². The lowest BCUT2D eigenvalue weighted by atomic mass is 9.93. The van der Waals surface area contributed by atoms with Gasteiger partial charge < -0.3 is 16.0 Å². The van der Waals surface area contributed by atoms with E-state index in [1.165, 1.54) is 37.7 Å². The third kappa shape index (κ3) is 3.79. The van der Waals surface area contributed by atoms with Gasteiger partial charge in [-0.3, -0.25) is 4.79 Å². The third-order valence-electron chi connectivity index (χ3n) is 6.01. The second-order valence-electron chi connectivity index (χ2n) is 7.69. The molecule has 1 aromatic rings. The normalized spacial score (nSPS) is 25.8. The van der Waals surface area contributed by atoms with Crippen LogP contribution in [0.25, 0.3) is 0 Å². The molecule has 2 unspecified atom stereocenters. The number of nitrogens with zero attached hydrogens (tertiary/aromatic N) is 1. The molecule has 0 bridgehead atoms. The second-order valence-corrected chi connectivity index (χ2v) is 8.47.